The van der Waals surface area contributed by atoms with E-state index in [0.29, 0.717) is 24.4 Å². The van der Waals surface area contributed by atoms with Gasteiger partial charge in [-0.3, -0.25) is 0 Å². The van der Waals surface area contributed by atoms with Crippen LogP contribution in [0.1, 0.15) is 40.0 Å². The second-order valence-corrected chi connectivity index (χ2v) is 5.78. The standard InChI is InChI=1S/C13H24O3/c1-9(2)12-5-4-10(3)6-13(12)15-8-11(7-14)16-13/h9-12,14H,4-8H2,1-3H3/t10?,11?,12?,13-/m0/s1. The van der Waals surface area contributed by atoms with E-state index in [9.17, 15) is 0 Å². The topological polar surface area (TPSA) is 38.7 Å². The quantitative estimate of drug-likeness (QED) is 0.787. The molecule has 1 aliphatic heterocycles. The average Bonchev–Trinajstić information content (AvgIpc) is 2.61. The van der Waals surface area contributed by atoms with Gasteiger partial charge < -0.3 is 14.6 Å². The van der Waals surface area contributed by atoms with Crippen molar-refractivity contribution in [2.45, 2.75) is 51.9 Å². The maximum atomic E-state index is 9.17. The van der Waals surface area contributed by atoms with E-state index in [-0.39, 0.29) is 12.7 Å². The van der Waals surface area contributed by atoms with Crippen LogP contribution in [-0.4, -0.2) is 30.2 Å². The summed E-state index contributed by atoms with van der Waals surface area (Å²) in [6, 6.07) is 0. The van der Waals surface area contributed by atoms with Gasteiger partial charge in [0.25, 0.3) is 0 Å². The van der Waals surface area contributed by atoms with Crippen molar-refractivity contribution in [3.05, 3.63) is 0 Å². The van der Waals surface area contributed by atoms with Gasteiger partial charge in [-0.15, -0.1) is 0 Å². The molecule has 1 aliphatic carbocycles. The molecule has 2 aliphatic rings. The van der Waals surface area contributed by atoms with Gasteiger partial charge in [0.2, 0.25) is 0 Å². The number of rotatable bonds is 2. The maximum Gasteiger partial charge on any atom is 0.172 e. The summed E-state index contributed by atoms with van der Waals surface area (Å²) in [5.41, 5.74) is 0. The summed E-state index contributed by atoms with van der Waals surface area (Å²) in [4.78, 5) is 0. The molecule has 0 radical (unpaired) electrons. The predicted octanol–water partition coefficient (Wildman–Crippen LogP) is 2.18. The Kier molecular flexibility index (Phi) is 3.57. The highest BCUT2D eigenvalue weighted by Gasteiger charge is 2.51. The maximum absolute atomic E-state index is 9.17. The molecule has 1 saturated carbocycles. The normalized spacial score (nSPS) is 44.4. The Morgan fingerprint density at radius 3 is 2.69 bits per heavy atom. The third-order valence-corrected chi connectivity index (χ3v) is 4.06. The Hall–Kier alpha value is -0.120. The van der Waals surface area contributed by atoms with Crippen LogP contribution in [0, 0.1) is 17.8 Å². The van der Waals surface area contributed by atoms with E-state index < -0.39 is 5.79 Å². The Bertz CT molecular complexity index is 241. The molecule has 0 bridgehead atoms. The zero-order chi connectivity index (χ0) is 11.8. The largest absolute Gasteiger partial charge is 0.394 e. The van der Waals surface area contributed by atoms with E-state index in [1.165, 1.54) is 12.8 Å². The summed E-state index contributed by atoms with van der Waals surface area (Å²) in [6.45, 7) is 7.35. The third kappa shape index (κ3) is 2.13. The average molecular weight is 228 g/mol. The van der Waals surface area contributed by atoms with Crippen LogP contribution >= 0.6 is 0 Å². The van der Waals surface area contributed by atoms with Gasteiger partial charge >= 0.3 is 0 Å². The molecule has 94 valence electrons. The SMILES string of the molecule is CC1CCC(C(C)C)[C@@]2(C1)OCC(CO)O2. The molecule has 3 heteroatoms. The summed E-state index contributed by atoms with van der Waals surface area (Å²) in [7, 11) is 0. The Labute approximate surface area is 98.1 Å². The van der Waals surface area contributed by atoms with E-state index in [4.69, 9.17) is 14.6 Å². The van der Waals surface area contributed by atoms with Crippen LogP contribution in [0.2, 0.25) is 0 Å². The van der Waals surface area contributed by atoms with E-state index in [0.717, 1.165) is 6.42 Å². The Balaban J connectivity index is 2.13. The smallest absolute Gasteiger partial charge is 0.172 e. The van der Waals surface area contributed by atoms with Gasteiger partial charge in [-0.05, 0) is 18.3 Å². The van der Waals surface area contributed by atoms with Crippen molar-refractivity contribution in [1.29, 1.82) is 0 Å². The fourth-order valence-electron chi connectivity index (χ4n) is 3.24. The molecular weight excluding hydrogens is 204 g/mol. The summed E-state index contributed by atoms with van der Waals surface area (Å²) in [5.74, 6) is 1.30. The molecule has 4 atom stereocenters. The van der Waals surface area contributed by atoms with E-state index in [2.05, 4.69) is 20.8 Å². The Morgan fingerprint density at radius 2 is 2.12 bits per heavy atom. The highest BCUT2D eigenvalue weighted by molar-refractivity contribution is 4.92. The minimum absolute atomic E-state index is 0.0704. The van der Waals surface area contributed by atoms with Gasteiger partial charge in [0.1, 0.15) is 6.10 Å². The molecule has 1 heterocycles. The molecule has 0 aromatic rings. The molecule has 0 aromatic heterocycles. The monoisotopic (exact) mass is 228 g/mol. The first-order chi connectivity index (χ1) is 7.57. The van der Waals surface area contributed by atoms with Gasteiger partial charge in [0, 0.05) is 12.3 Å². The zero-order valence-corrected chi connectivity index (χ0v) is 10.6. The minimum Gasteiger partial charge on any atom is -0.394 e. The van der Waals surface area contributed by atoms with Crippen molar-refractivity contribution >= 4 is 0 Å². The first-order valence-corrected chi connectivity index (χ1v) is 6.50. The number of hydrogen-bond donors (Lipinski definition) is 1. The minimum atomic E-state index is -0.404. The first-order valence-electron chi connectivity index (χ1n) is 6.50. The van der Waals surface area contributed by atoms with Crippen LogP contribution in [0.4, 0.5) is 0 Å². The van der Waals surface area contributed by atoms with Crippen molar-refractivity contribution < 1.29 is 14.6 Å². The molecule has 0 aromatic carbocycles. The van der Waals surface area contributed by atoms with Crippen LogP contribution in [0.3, 0.4) is 0 Å². The summed E-state index contributed by atoms with van der Waals surface area (Å²) >= 11 is 0. The lowest BCUT2D eigenvalue weighted by atomic mass is 9.73. The van der Waals surface area contributed by atoms with E-state index in [1.54, 1.807) is 0 Å². The first kappa shape index (κ1) is 12.3. The molecule has 16 heavy (non-hydrogen) atoms. The molecule has 3 nitrogen and oxygen atoms in total. The molecular formula is C13H24O3. The molecule has 2 fully saturated rings. The molecule has 0 amide bonds. The lowest BCUT2D eigenvalue weighted by Crippen LogP contribution is -2.47. The fraction of sp³-hybridized carbons (Fsp3) is 1.00. The van der Waals surface area contributed by atoms with Crippen LogP contribution in [0.15, 0.2) is 0 Å². The Morgan fingerprint density at radius 1 is 1.38 bits per heavy atom. The fourth-order valence-corrected chi connectivity index (χ4v) is 3.24. The molecule has 1 spiro atoms. The third-order valence-electron chi connectivity index (χ3n) is 4.06. The molecule has 1 N–H and O–H groups in total. The number of aliphatic hydroxyl groups excluding tert-OH is 1. The van der Waals surface area contributed by atoms with Crippen LogP contribution in [0.25, 0.3) is 0 Å². The van der Waals surface area contributed by atoms with Crippen molar-refractivity contribution in [3.63, 3.8) is 0 Å². The lowest BCUT2D eigenvalue weighted by Gasteiger charge is -2.44. The van der Waals surface area contributed by atoms with Crippen molar-refractivity contribution in [2.24, 2.45) is 17.8 Å². The van der Waals surface area contributed by atoms with Crippen molar-refractivity contribution in [3.8, 4) is 0 Å². The van der Waals surface area contributed by atoms with Gasteiger partial charge in [-0.1, -0.05) is 27.2 Å². The van der Waals surface area contributed by atoms with E-state index >= 15 is 0 Å². The van der Waals surface area contributed by atoms with Crippen molar-refractivity contribution in [1.82, 2.24) is 0 Å². The second-order valence-electron chi connectivity index (χ2n) is 5.78. The van der Waals surface area contributed by atoms with Crippen LogP contribution in [-0.2, 0) is 9.47 Å². The summed E-state index contributed by atoms with van der Waals surface area (Å²) in [5, 5.41) is 9.17. The zero-order valence-electron chi connectivity index (χ0n) is 10.6. The lowest BCUT2D eigenvalue weighted by molar-refractivity contribution is -0.240. The molecule has 2 rings (SSSR count). The number of hydrogen-bond acceptors (Lipinski definition) is 3. The summed E-state index contributed by atoms with van der Waals surface area (Å²) in [6.07, 6.45) is 3.30. The van der Waals surface area contributed by atoms with Gasteiger partial charge in [0.15, 0.2) is 5.79 Å². The van der Waals surface area contributed by atoms with E-state index in [1.807, 2.05) is 0 Å². The highest BCUT2D eigenvalue weighted by Crippen LogP contribution is 2.47. The van der Waals surface area contributed by atoms with Gasteiger partial charge in [-0.2, -0.15) is 0 Å². The van der Waals surface area contributed by atoms with Crippen molar-refractivity contribution in [2.75, 3.05) is 13.2 Å². The number of ether oxygens (including phenoxy) is 2. The van der Waals surface area contributed by atoms with Crippen LogP contribution < -0.4 is 0 Å². The van der Waals surface area contributed by atoms with Gasteiger partial charge in [-0.25, -0.2) is 0 Å². The number of aliphatic hydroxyl groups is 1. The highest BCUT2D eigenvalue weighted by atomic mass is 16.7. The predicted molar refractivity (Wildman–Crippen MR) is 62.0 cm³/mol. The summed E-state index contributed by atoms with van der Waals surface area (Å²) < 4.78 is 12.0. The van der Waals surface area contributed by atoms with Crippen LogP contribution in [0.5, 0.6) is 0 Å². The molecule has 1 saturated heterocycles. The molecule has 3 unspecified atom stereocenters. The second kappa shape index (κ2) is 4.63. The van der Waals surface area contributed by atoms with Gasteiger partial charge in [0.05, 0.1) is 13.2 Å².